The third-order valence-corrected chi connectivity index (χ3v) is 2.19. The normalized spacial score (nSPS) is 32.4. The summed E-state index contributed by atoms with van der Waals surface area (Å²) >= 11 is 0. The summed E-state index contributed by atoms with van der Waals surface area (Å²) in [5.74, 6) is 0.208. The van der Waals surface area contributed by atoms with E-state index in [2.05, 4.69) is 5.10 Å². The van der Waals surface area contributed by atoms with Crippen LogP contribution in [0.15, 0.2) is 29.4 Å². The molecule has 0 bridgehead atoms. The van der Waals surface area contributed by atoms with Crippen molar-refractivity contribution in [3.05, 3.63) is 24.3 Å². The van der Waals surface area contributed by atoms with Crippen LogP contribution >= 0.6 is 0 Å². The molecule has 0 radical (unpaired) electrons. The maximum absolute atomic E-state index is 11.5. The lowest BCUT2D eigenvalue weighted by Crippen LogP contribution is -2.37. The molecule has 3 heteroatoms. The molecule has 1 aliphatic heterocycles. The van der Waals surface area contributed by atoms with Crippen molar-refractivity contribution in [1.29, 1.82) is 0 Å². The predicted octanol–water partition coefficient (Wildman–Crippen LogP) is 0.803. The van der Waals surface area contributed by atoms with Crippen molar-refractivity contribution in [2.45, 2.75) is 0 Å². The number of nitrogens with zero attached hydrogens (tertiary/aromatic N) is 2. The average Bonchev–Trinajstić information content (AvgIpc) is 2.12. The lowest BCUT2D eigenvalue weighted by Gasteiger charge is -2.27. The molecule has 2 aliphatic rings. The van der Waals surface area contributed by atoms with Gasteiger partial charge < -0.3 is 0 Å². The predicted molar refractivity (Wildman–Crippen MR) is 46.5 cm³/mol. The standard InChI is InChI=1S/C9H10N2O/c1-11-9(12)8-5-3-2-4-7(8)6-10-11/h2-8H,1H3. The Morgan fingerprint density at radius 2 is 2.17 bits per heavy atom. The van der Waals surface area contributed by atoms with Gasteiger partial charge in [0, 0.05) is 19.2 Å². The Morgan fingerprint density at radius 3 is 3.00 bits per heavy atom. The first-order chi connectivity index (χ1) is 5.79. The molecule has 1 amide bonds. The molecule has 1 aliphatic carbocycles. The summed E-state index contributed by atoms with van der Waals surface area (Å²) in [6.07, 6.45) is 9.59. The number of hydrazone groups is 1. The molecule has 0 saturated heterocycles. The molecule has 0 fully saturated rings. The van der Waals surface area contributed by atoms with Gasteiger partial charge in [-0.3, -0.25) is 4.79 Å². The summed E-state index contributed by atoms with van der Waals surface area (Å²) in [6.45, 7) is 0. The van der Waals surface area contributed by atoms with Crippen molar-refractivity contribution in [3.63, 3.8) is 0 Å². The van der Waals surface area contributed by atoms with Gasteiger partial charge in [0.05, 0.1) is 5.92 Å². The molecule has 0 aromatic carbocycles. The molecular formula is C9H10N2O. The van der Waals surface area contributed by atoms with Crippen LogP contribution < -0.4 is 0 Å². The van der Waals surface area contributed by atoms with Gasteiger partial charge in [0.2, 0.25) is 5.91 Å². The second-order valence-corrected chi connectivity index (χ2v) is 3.00. The van der Waals surface area contributed by atoms with Crippen molar-refractivity contribution in [3.8, 4) is 0 Å². The number of fused-ring (bicyclic) bond motifs is 1. The Balaban J connectivity index is 2.33. The minimum atomic E-state index is -0.0301. The van der Waals surface area contributed by atoms with Gasteiger partial charge in [-0.1, -0.05) is 24.3 Å². The van der Waals surface area contributed by atoms with Gasteiger partial charge in [-0.25, -0.2) is 5.01 Å². The molecular weight excluding hydrogens is 152 g/mol. The summed E-state index contributed by atoms with van der Waals surface area (Å²) < 4.78 is 0. The van der Waals surface area contributed by atoms with Gasteiger partial charge >= 0.3 is 0 Å². The fourth-order valence-corrected chi connectivity index (χ4v) is 1.46. The van der Waals surface area contributed by atoms with Crippen LogP contribution in [0.1, 0.15) is 0 Å². The monoisotopic (exact) mass is 162 g/mol. The first kappa shape index (κ1) is 7.28. The topological polar surface area (TPSA) is 32.7 Å². The van der Waals surface area contributed by atoms with Crippen LogP contribution in [-0.4, -0.2) is 24.2 Å². The second kappa shape index (κ2) is 2.59. The van der Waals surface area contributed by atoms with E-state index in [0.29, 0.717) is 0 Å². The van der Waals surface area contributed by atoms with Gasteiger partial charge in [0.15, 0.2) is 0 Å². The Labute approximate surface area is 71.1 Å². The minimum absolute atomic E-state index is 0.0301. The maximum Gasteiger partial charge on any atom is 0.250 e. The number of hydrogen-bond donors (Lipinski definition) is 0. The Kier molecular flexibility index (Phi) is 1.57. The summed E-state index contributed by atoms with van der Waals surface area (Å²) in [7, 11) is 1.68. The lowest BCUT2D eigenvalue weighted by molar-refractivity contribution is -0.133. The Morgan fingerprint density at radius 1 is 1.42 bits per heavy atom. The van der Waals surface area contributed by atoms with Gasteiger partial charge in [0.1, 0.15) is 0 Å². The third-order valence-electron chi connectivity index (χ3n) is 2.19. The minimum Gasteiger partial charge on any atom is -0.272 e. The van der Waals surface area contributed by atoms with Gasteiger partial charge in [0.25, 0.3) is 0 Å². The molecule has 0 aromatic rings. The molecule has 1 heterocycles. The van der Waals surface area contributed by atoms with Crippen LogP contribution in [0.5, 0.6) is 0 Å². The van der Waals surface area contributed by atoms with Crippen molar-refractivity contribution in [1.82, 2.24) is 5.01 Å². The highest BCUT2D eigenvalue weighted by Gasteiger charge is 2.30. The fourth-order valence-electron chi connectivity index (χ4n) is 1.46. The fraction of sp³-hybridized carbons (Fsp3) is 0.333. The van der Waals surface area contributed by atoms with E-state index in [9.17, 15) is 4.79 Å². The zero-order chi connectivity index (χ0) is 8.55. The van der Waals surface area contributed by atoms with E-state index in [0.717, 1.165) is 0 Å². The van der Waals surface area contributed by atoms with Crippen molar-refractivity contribution in [2.24, 2.45) is 16.9 Å². The van der Waals surface area contributed by atoms with Crippen LogP contribution in [0.2, 0.25) is 0 Å². The van der Waals surface area contributed by atoms with Crippen molar-refractivity contribution < 1.29 is 4.79 Å². The Hall–Kier alpha value is -1.38. The largest absolute Gasteiger partial charge is 0.272 e. The molecule has 2 atom stereocenters. The Bertz CT molecular complexity index is 291. The highest BCUT2D eigenvalue weighted by atomic mass is 16.2. The molecule has 62 valence electrons. The van der Waals surface area contributed by atoms with Crippen LogP contribution in [-0.2, 0) is 4.79 Å². The molecule has 0 aromatic heterocycles. The molecule has 12 heavy (non-hydrogen) atoms. The van der Waals surface area contributed by atoms with Crippen LogP contribution in [0.25, 0.3) is 0 Å². The van der Waals surface area contributed by atoms with E-state index in [-0.39, 0.29) is 17.7 Å². The van der Waals surface area contributed by atoms with E-state index in [4.69, 9.17) is 0 Å². The number of allylic oxidation sites excluding steroid dienone is 3. The van der Waals surface area contributed by atoms with E-state index < -0.39 is 0 Å². The highest BCUT2D eigenvalue weighted by molar-refractivity contribution is 5.88. The molecule has 0 spiro atoms. The van der Waals surface area contributed by atoms with Crippen LogP contribution in [0.4, 0.5) is 0 Å². The summed E-state index contributed by atoms with van der Waals surface area (Å²) in [5, 5.41) is 5.36. The highest BCUT2D eigenvalue weighted by Crippen LogP contribution is 2.23. The smallest absolute Gasteiger partial charge is 0.250 e. The summed E-state index contributed by atoms with van der Waals surface area (Å²) in [4.78, 5) is 11.5. The van der Waals surface area contributed by atoms with E-state index >= 15 is 0 Å². The zero-order valence-corrected chi connectivity index (χ0v) is 6.84. The second-order valence-electron chi connectivity index (χ2n) is 3.00. The number of amides is 1. The zero-order valence-electron chi connectivity index (χ0n) is 6.84. The first-order valence-electron chi connectivity index (χ1n) is 3.96. The van der Waals surface area contributed by atoms with Crippen LogP contribution in [0.3, 0.4) is 0 Å². The number of carbonyl (C=O) groups excluding carboxylic acids is 1. The van der Waals surface area contributed by atoms with E-state index in [1.807, 2.05) is 30.5 Å². The molecule has 3 nitrogen and oxygen atoms in total. The number of rotatable bonds is 0. The number of hydrogen-bond acceptors (Lipinski definition) is 2. The van der Waals surface area contributed by atoms with E-state index in [1.54, 1.807) is 7.05 Å². The summed E-state index contributed by atoms with van der Waals surface area (Å²) in [6, 6.07) is 0. The summed E-state index contributed by atoms with van der Waals surface area (Å²) in [5.41, 5.74) is 0. The number of carbonyl (C=O) groups is 1. The van der Waals surface area contributed by atoms with E-state index in [1.165, 1.54) is 5.01 Å². The van der Waals surface area contributed by atoms with Gasteiger partial charge in [-0.05, 0) is 0 Å². The van der Waals surface area contributed by atoms with Crippen molar-refractivity contribution in [2.75, 3.05) is 7.05 Å². The van der Waals surface area contributed by atoms with Gasteiger partial charge in [-0.15, -0.1) is 0 Å². The maximum atomic E-state index is 11.5. The average molecular weight is 162 g/mol. The van der Waals surface area contributed by atoms with Crippen LogP contribution in [0, 0.1) is 11.8 Å². The molecule has 0 N–H and O–H groups in total. The molecule has 0 saturated carbocycles. The SMILES string of the molecule is CN1N=CC2C=CC=CC2C1=O. The van der Waals surface area contributed by atoms with Crippen molar-refractivity contribution >= 4 is 12.1 Å². The third kappa shape index (κ3) is 0.978. The molecule has 2 rings (SSSR count). The quantitative estimate of drug-likeness (QED) is 0.518. The van der Waals surface area contributed by atoms with Gasteiger partial charge in [-0.2, -0.15) is 5.10 Å². The lowest BCUT2D eigenvalue weighted by atomic mass is 9.88. The first-order valence-corrected chi connectivity index (χ1v) is 3.96. The molecule has 2 unspecified atom stereocenters.